The van der Waals surface area contributed by atoms with Crippen LogP contribution in [0.2, 0.25) is 0 Å². The van der Waals surface area contributed by atoms with E-state index in [4.69, 9.17) is 0 Å². The molecular weight excluding hydrogens is 168 g/mol. The maximum Gasteiger partial charge on any atom is 0.111 e. The Morgan fingerprint density at radius 1 is 1.15 bits per heavy atom. The van der Waals surface area contributed by atoms with Crippen molar-refractivity contribution in [2.24, 2.45) is 0 Å². The Balaban J connectivity index is 2.88. The summed E-state index contributed by atoms with van der Waals surface area (Å²) in [5.74, 6) is 0. The van der Waals surface area contributed by atoms with Crippen molar-refractivity contribution in [1.82, 2.24) is 0 Å². The van der Waals surface area contributed by atoms with Gasteiger partial charge >= 0.3 is 0 Å². The highest BCUT2D eigenvalue weighted by molar-refractivity contribution is 5.18. The van der Waals surface area contributed by atoms with E-state index in [0.29, 0.717) is 12.8 Å². The highest BCUT2D eigenvalue weighted by Gasteiger charge is 2.43. The molecule has 0 aromatic heterocycles. The molecule has 2 unspecified atom stereocenters. The van der Waals surface area contributed by atoms with E-state index in [1.54, 1.807) is 26.8 Å². The Bertz CT molecular complexity index is 225. The van der Waals surface area contributed by atoms with Crippen LogP contribution in [0.4, 0.5) is 0 Å². The van der Waals surface area contributed by atoms with Crippen molar-refractivity contribution in [3.63, 3.8) is 0 Å². The maximum absolute atomic E-state index is 9.99. The minimum Gasteiger partial charge on any atom is -0.387 e. The van der Waals surface area contributed by atoms with Crippen LogP contribution in [-0.4, -0.2) is 32.1 Å². The van der Waals surface area contributed by atoms with Gasteiger partial charge in [0.2, 0.25) is 0 Å². The zero-order valence-corrected chi connectivity index (χ0v) is 8.41. The van der Waals surface area contributed by atoms with Crippen LogP contribution < -0.4 is 0 Å². The Labute approximate surface area is 78.7 Å². The van der Waals surface area contributed by atoms with Gasteiger partial charge in [0.25, 0.3) is 0 Å². The summed E-state index contributed by atoms with van der Waals surface area (Å²) in [5.41, 5.74) is -3.23. The van der Waals surface area contributed by atoms with E-state index in [2.05, 4.69) is 0 Å². The molecule has 0 fully saturated rings. The summed E-state index contributed by atoms with van der Waals surface area (Å²) in [7, 11) is 0. The van der Waals surface area contributed by atoms with Crippen LogP contribution >= 0.6 is 0 Å². The van der Waals surface area contributed by atoms with Crippen molar-refractivity contribution in [3.05, 3.63) is 12.2 Å². The zero-order valence-electron chi connectivity index (χ0n) is 8.41. The molecule has 0 aliphatic heterocycles. The molecule has 0 saturated carbocycles. The average Bonchev–Trinajstić information content (AvgIpc) is 1.94. The summed E-state index contributed by atoms with van der Waals surface area (Å²) < 4.78 is 0. The van der Waals surface area contributed by atoms with Gasteiger partial charge in [0.05, 0.1) is 11.2 Å². The van der Waals surface area contributed by atoms with Crippen LogP contribution in [0.15, 0.2) is 12.2 Å². The van der Waals surface area contributed by atoms with Gasteiger partial charge in [-0.1, -0.05) is 12.2 Å². The molecule has 0 amide bonds. The van der Waals surface area contributed by atoms with Crippen LogP contribution in [0.5, 0.6) is 0 Å². The molecule has 76 valence electrons. The molecule has 3 N–H and O–H groups in total. The molecule has 0 radical (unpaired) electrons. The van der Waals surface area contributed by atoms with E-state index < -0.39 is 16.8 Å². The highest BCUT2D eigenvalue weighted by atomic mass is 16.4. The van der Waals surface area contributed by atoms with Gasteiger partial charge in [-0.2, -0.15) is 0 Å². The van der Waals surface area contributed by atoms with Crippen molar-refractivity contribution in [2.75, 3.05) is 0 Å². The van der Waals surface area contributed by atoms with Crippen molar-refractivity contribution >= 4 is 0 Å². The molecule has 0 aromatic rings. The fourth-order valence-corrected chi connectivity index (χ4v) is 1.44. The zero-order chi connectivity index (χ0) is 10.3. The molecule has 0 aromatic carbocycles. The molecule has 3 heteroatoms. The molecule has 0 bridgehead atoms. The first-order valence-corrected chi connectivity index (χ1v) is 4.54. The molecule has 0 heterocycles. The highest BCUT2D eigenvalue weighted by Crippen LogP contribution is 2.35. The van der Waals surface area contributed by atoms with Gasteiger partial charge in [-0.25, -0.2) is 0 Å². The number of rotatable bonds is 1. The molecule has 1 aliphatic rings. The van der Waals surface area contributed by atoms with Crippen LogP contribution in [0.3, 0.4) is 0 Å². The van der Waals surface area contributed by atoms with Gasteiger partial charge < -0.3 is 15.3 Å². The van der Waals surface area contributed by atoms with Crippen molar-refractivity contribution < 1.29 is 15.3 Å². The Kier molecular flexibility index (Phi) is 2.31. The quantitative estimate of drug-likeness (QED) is 0.525. The first-order chi connectivity index (χ1) is 5.66. The maximum atomic E-state index is 9.99. The number of hydrogen-bond donors (Lipinski definition) is 3. The lowest BCUT2D eigenvalue weighted by Gasteiger charge is -2.41. The van der Waals surface area contributed by atoms with Crippen molar-refractivity contribution in [1.29, 1.82) is 0 Å². The van der Waals surface area contributed by atoms with Gasteiger partial charge in [-0.15, -0.1) is 0 Å². The van der Waals surface area contributed by atoms with Crippen molar-refractivity contribution in [3.8, 4) is 0 Å². The largest absolute Gasteiger partial charge is 0.387 e. The summed E-state index contributed by atoms with van der Waals surface area (Å²) in [4.78, 5) is 0. The minimum absolute atomic E-state index is 0.375. The average molecular weight is 186 g/mol. The van der Waals surface area contributed by atoms with E-state index in [-0.39, 0.29) is 0 Å². The lowest BCUT2D eigenvalue weighted by molar-refractivity contribution is -0.117. The Morgan fingerprint density at radius 2 is 1.69 bits per heavy atom. The summed E-state index contributed by atoms with van der Waals surface area (Å²) in [6.45, 7) is 4.82. The van der Waals surface area contributed by atoms with E-state index in [1.165, 1.54) is 6.08 Å². The lowest BCUT2D eigenvalue weighted by Crippen LogP contribution is -2.51. The van der Waals surface area contributed by atoms with Gasteiger partial charge in [0.15, 0.2) is 0 Å². The third-order valence-corrected chi connectivity index (χ3v) is 2.79. The SMILES string of the molecule is CC1(O)C=CC(O)(C(C)(C)O)CC1. The first kappa shape index (κ1) is 10.7. The predicted molar refractivity (Wildman–Crippen MR) is 50.2 cm³/mol. The monoisotopic (exact) mass is 186 g/mol. The predicted octanol–water partition coefficient (Wildman–Crippen LogP) is 0.589. The molecule has 1 aliphatic carbocycles. The normalized spacial score (nSPS) is 40.8. The number of hydrogen-bond acceptors (Lipinski definition) is 3. The van der Waals surface area contributed by atoms with Gasteiger partial charge in [-0.05, 0) is 33.6 Å². The van der Waals surface area contributed by atoms with Crippen LogP contribution in [0.25, 0.3) is 0 Å². The van der Waals surface area contributed by atoms with E-state index in [1.807, 2.05) is 0 Å². The van der Waals surface area contributed by atoms with E-state index in [9.17, 15) is 15.3 Å². The van der Waals surface area contributed by atoms with Crippen LogP contribution in [-0.2, 0) is 0 Å². The Morgan fingerprint density at radius 3 is 2.00 bits per heavy atom. The second-order valence-corrected chi connectivity index (χ2v) is 4.67. The fourth-order valence-electron chi connectivity index (χ4n) is 1.44. The second-order valence-electron chi connectivity index (χ2n) is 4.67. The third kappa shape index (κ3) is 2.10. The third-order valence-electron chi connectivity index (χ3n) is 2.79. The summed E-state index contributed by atoms with van der Waals surface area (Å²) in [6.07, 6.45) is 3.88. The van der Waals surface area contributed by atoms with Gasteiger partial charge in [0, 0.05) is 0 Å². The van der Waals surface area contributed by atoms with E-state index in [0.717, 1.165) is 0 Å². The van der Waals surface area contributed by atoms with E-state index >= 15 is 0 Å². The number of aliphatic hydroxyl groups is 3. The van der Waals surface area contributed by atoms with Crippen LogP contribution in [0, 0.1) is 0 Å². The topological polar surface area (TPSA) is 60.7 Å². The van der Waals surface area contributed by atoms with Crippen molar-refractivity contribution in [2.45, 2.75) is 50.4 Å². The molecule has 3 nitrogen and oxygen atoms in total. The summed E-state index contributed by atoms with van der Waals surface area (Å²) in [5, 5.41) is 29.3. The minimum atomic E-state index is -1.21. The molecule has 0 saturated heterocycles. The second kappa shape index (κ2) is 2.80. The first-order valence-electron chi connectivity index (χ1n) is 4.54. The summed E-state index contributed by atoms with van der Waals surface area (Å²) >= 11 is 0. The van der Waals surface area contributed by atoms with Crippen LogP contribution in [0.1, 0.15) is 33.6 Å². The molecule has 1 rings (SSSR count). The smallest absolute Gasteiger partial charge is 0.111 e. The summed E-state index contributed by atoms with van der Waals surface area (Å²) in [6, 6.07) is 0. The molecule has 0 spiro atoms. The fraction of sp³-hybridized carbons (Fsp3) is 0.800. The standard InChI is InChI=1S/C10H18O3/c1-8(2,11)10(13)6-4-9(3,12)5-7-10/h4,6,11-13H,5,7H2,1-3H3. The molecule has 13 heavy (non-hydrogen) atoms. The van der Waals surface area contributed by atoms with Gasteiger partial charge in [-0.3, -0.25) is 0 Å². The molecular formula is C10H18O3. The van der Waals surface area contributed by atoms with Gasteiger partial charge in [0.1, 0.15) is 5.60 Å². The molecule has 2 atom stereocenters. The Hall–Kier alpha value is -0.380. The lowest BCUT2D eigenvalue weighted by atomic mass is 9.75.